The number of halogens is 2. The van der Waals surface area contributed by atoms with Gasteiger partial charge in [-0.05, 0) is 35.9 Å². The zero-order chi connectivity index (χ0) is 21.6. The molecular weight excluding hydrogens is 453 g/mol. The molecule has 2 aromatic heterocycles. The van der Waals surface area contributed by atoms with E-state index < -0.39 is 0 Å². The number of thioether (sulfide) groups is 1. The smallest absolute Gasteiger partial charge is 0.234 e. The lowest BCUT2D eigenvalue weighted by atomic mass is 10.2. The van der Waals surface area contributed by atoms with Gasteiger partial charge in [-0.15, -0.1) is 10.2 Å². The van der Waals surface area contributed by atoms with Gasteiger partial charge in [-0.25, -0.2) is 0 Å². The molecule has 2 heterocycles. The van der Waals surface area contributed by atoms with Crippen molar-refractivity contribution in [1.82, 2.24) is 19.7 Å². The van der Waals surface area contributed by atoms with Crippen molar-refractivity contribution in [2.24, 2.45) is 0 Å². The summed E-state index contributed by atoms with van der Waals surface area (Å²) in [6, 6.07) is 18.7. The number of amides is 1. The number of hydrogen-bond acceptors (Lipinski definition) is 5. The van der Waals surface area contributed by atoms with Crippen molar-refractivity contribution in [1.29, 1.82) is 0 Å². The minimum Gasteiger partial charge on any atom is -0.324 e. The Labute approximate surface area is 193 Å². The van der Waals surface area contributed by atoms with Gasteiger partial charge in [0.1, 0.15) is 0 Å². The molecule has 4 rings (SSSR count). The summed E-state index contributed by atoms with van der Waals surface area (Å²) in [7, 11) is 0. The van der Waals surface area contributed by atoms with Gasteiger partial charge in [-0.2, -0.15) is 0 Å². The van der Waals surface area contributed by atoms with Crippen LogP contribution in [0.15, 0.2) is 78.2 Å². The number of carbonyl (C=O) groups excluding carboxylic acids is 1. The van der Waals surface area contributed by atoms with Crippen LogP contribution in [0.2, 0.25) is 10.0 Å². The Hall–Kier alpha value is -2.87. The van der Waals surface area contributed by atoms with E-state index >= 15 is 0 Å². The quantitative estimate of drug-likeness (QED) is 0.365. The van der Waals surface area contributed by atoms with Crippen molar-refractivity contribution in [3.8, 4) is 11.4 Å². The van der Waals surface area contributed by atoms with E-state index in [1.807, 2.05) is 47.0 Å². The van der Waals surface area contributed by atoms with Crippen LogP contribution < -0.4 is 5.32 Å². The van der Waals surface area contributed by atoms with Crippen LogP contribution in [-0.4, -0.2) is 31.4 Å². The normalized spacial score (nSPS) is 10.8. The van der Waals surface area contributed by atoms with Gasteiger partial charge in [0.25, 0.3) is 0 Å². The first-order valence-electron chi connectivity index (χ1n) is 9.35. The Morgan fingerprint density at radius 2 is 1.87 bits per heavy atom. The molecule has 2 aromatic carbocycles. The molecule has 1 N–H and O–H groups in total. The number of hydrogen-bond donors (Lipinski definition) is 1. The fourth-order valence-electron chi connectivity index (χ4n) is 2.92. The fraction of sp³-hybridized carbons (Fsp3) is 0.0909. The van der Waals surface area contributed by atoms with E-state index in [9.17, 15) is 4.79 Å². The summed E-state index contributed by atoms with van der Waals surface area (Å²) in [4.78, 5) is 16.7. The minimum atomic E-state index is -0.216. The lowest BCUT2D eigenvalue weighted by molar-refractivity contribution is -0.113. The van der Waals surface area contributed by atoms with Crippen molar-refractivity contribution in [2.45, 2.75) is 11.7 Å². The highest BCUT2D eigenvalue weighted by molar-refractivity contribution is 7.99. The third kappa shape index (κ3) is 5.44. The first kappa shape index (κ1) is 21.4. The van der Waals surface area contributed by atoms with E-state index in [1.54, 1.807) is 30.6 Å². The second kappa shape index (κ2) is 9.96. The molecule has 0 radical (unpaired) electrons. The van der Waals surface area contributed by atoms with Crippen LogP contribution in [0.3, 0.4) is 0 Å². The molecule has 156 valence electrons. The van der Waals surface area contributed by atoms with Crippen molar-refractivity contribution in [3.05, 3.63) is 88.7 Å². The molecule has 0 bridgehead atoms. The van der Waals surface area contributed by atoms with Gasteiger partial charge < -0.3 is 5.32 Å². The van der Waals surface area contributed by atoms with Gasteiger partial charge in [-0.3, -0.25) is 14.3 Å². The van der Waals surface area contributed by atoms with Crippen LogP contribution in [0.1, 0.15) is 5.56 Å². The molecule has 6 nitrogen and oxygen atoms in total. The Balaban J connectivity index is 1.54. The maximum absolute atomic E-state index is 12.5. The molecule has 0 aliphatic rings. The highest BCUT2D eigenvalue weighted by atomic mass is 35.5. The lowest BCUT2D eigenvalue weighted by Gasteiger charge is -2.11. The van der Waals surface area contributed by atoms with E-state index in [-0.39, 0.29) is 11.7 Å². The third-order valence-electron chi connectivity index (χ3n) is 4.35. The van der Waals surface area contributed by atoms with E-state index in [2.05, 4.69) is 20.5 Å². The maximum Gasteiger partial charge on any atom is 0.234 e. The van der Waals surface area contributed by atoms with E-state index in [1.165, 1.54) is 11.8 Å². The number of nitrogens with one attached hydrogen (secondary N) is 1. The lowest BCUT2D eigenvalue weighted by Crippen LogP contribution is -2.15. The highest BCUT2D eigenvalue weighted by Gasteiger charge is 2.17. The summed E-state index contributed by atoms with van der Waals surface area (Å²) in [5.74, 6) is 0.618. The van der Waals surface area contributed by atoms with E-state index in [0.29, 0.717) is 33.3 Å². The largest absolute Gasteiger partial charge is 0.324 e. The second-order valence-corrected chi connectivity index (χ2v) is 8.37. The zero-order valence-electron chi connectivity index (χ0n) is 16.2. The number of pyridine rings is 1. The fourth-order valence-corrected chi connectivity index (χ4v) is 4.00. The molecule has 4 aromatic rings. The number of benzene rings is 2. The van der Waals surface area contributed by atoms with Crippen LogP contribution in [0.4, 0.5) is 5.69 Å². The van der Waals surface area contributed by atoms with Crippen molar-refractivity contribution in [3.63, 3.8) is 0 Å². The number of anilines is 1. The number of aromatic nitrogens is 4. The SMILES string of the molecule is O=C(CSc1nnc(-c2cccnc2)n1Cc1ccccc1)Nc1cc(Cl)ccc1Cl. The molecule has 0 aliphatic carbocycles. The van der Waals surface area contributed by atoms with E-state index in [0.717, 1.165) is 11.1 Å². The molecule has 0 saturated carbocycles. The standard InChI is InChI=1S/C22H17Cl2N5OS/c23-17-8-9-18(24)19(11-17)26-20(30)14-31-22-28-27-21(16-7-4-10-25-12-16)29(22)13-15-5-2-1-3-6-15/h1-12H,13-14H2,(H,26,30). The third-order valence-corrected chi connectivity index (χ3v) is 5.89. The molecule has 0 spiro atoms. The van der Waals surface area contributed by atoms with Crippen molar-refractivity contribution >= 4 is 46.6 Å². The molecule has 0 unspecified atom stereocenters. The summed E-state index contributed by atoms with van der Waals surface area (Å²) in [5, 5.41) is 13.0. The molecule has 0 atom stereocenters. The number of rotatable bonds is 7. The van der Waals surface area contributed by atoms with Crippen molar-refractivity contribution in [2.75, 3.05) is 11.1 Å². The molecule has 0 saturated heterocycles. The first-order chi connectivity index (χ1) is 15.1. The summed E-state index contributed by atoms with van der Waals surface area (Å²) < 4.78 is 1.98. The molecule has 31 heavy (non-hydrogen) atoms. The predicted octanol–water partition coefficient (Wildman–Crippen LogP) is 5.43. The topological polar surface area (TPSA) is 72.7 Å². The Morgan fingerprint density at radius 1 is 1.03 bits per heavy atom. The van der Waals surface area contributed by atoms with Crippen LogP contribution in [-0.2, 0) is 11.3 Å². The average molecular weight is 470 g/mol. The van der Waals surface area contributed by atoms with Crippen molar-refractivity contribution < 1.29 is 4.79 Å². The number of nitrogens with zero attached hydrogens (tertiary/aromatic N) is 4. The Bertz CT molecular complexity index is 1190. The van der Waals surface area contributed by atoms with E-state index in [4.69, 9.17) is 23.2 Å². The molecule has 0 aliphatic heterocycles. The van der Waals surface area contributed by atoms with Gasteiger partial charge in [0.05, 0.1) is 23.0 Å². The predicted molar refractivity (Wildman–Crippen MR) is 125 cm³/mol. The van der Waals surface area contributed by atoms with Gasteiger partial charge >= 0.3 is 0 Å². The van der Waals surface area contributed by atoms with Gasteiger partial charge in [0.15, 0.2) is 11.0 Å². The van der Waals surface area contributed by atoms with Gasteiger partial charge in [0, 0.05) is 23.0 Å². The highest BCUT2D eigenvalue weighted by Crippen LogP contribution is 2.27. The average Bonchev–Trinajstić information content (AvgIpc) is 3.18. The minimum absolute atomic E-state index is 0.142. The number of carbonyl (C=O) groups is 1. The molecular formula is C22H17Cl2N5OS. The summed E-state index contributed by atoms with van der Waals surface area (Å²) in [6.07, 6.45) is 3.45. The molecule has 1 amide bonds. The summed E-state index contributed by atoms with van der Waals surface area (Å²) in [5.41, 5.74) is 2.43. The van der Waals surface area contributed by atoms with Gasteiger partial charge in [0.2, 0.25) is 5.91 Å². The monoisotopic (exact) mass is 469 g/mol. The molecule has 9 heteroatoms. The van der Waals surface area contributed by atoms with Gasteiger partial charge in [-0.1, -0.05) is 65.3 Å². The molecule has 0 fully saturated rings. The zero-order valence-corrected chi connectivity index (χ0v) is 18.5. The van der Waals surface area contributed by atoms with Crippen LogP contribution in [0, 0.1) is 0 Å². The Morgan fingerprint density at radius 3 is 2.65 bits per heavy atom. The summed E-state index contributed by atoms with van der Waals surface area (Å²) in [6.45, 7) is 0.572. The second-order valence-electron chi connectivity index (χ2n) is 6.58. The Kier molecular flexibility index (Phi) is 6.86. The maximum atomic E-state index is 12.5. The summed E-state index contributed by atoms with van der Waals surface area (Å²) >= 11 is 13.4. The first-order valence-corrected chi connectivity index (χ1v) is 11.1. The van der Waals surface area contributed by atoms with Crippen LogP contribution >= 0.6 is 35.0 Å². The van der Waals surface area contributed by atoms with Crippen LogP contribution in [0.25, 0.3) is 11.4 Å². The van der Waals surface area contributed by atoms with Crippen LogP contribution in [0.5, 0.6) is 0 Å².